The van der Waals surface area contributed by atoms with Gasteiger partial charge in [0.25, 0.3) is 0 Å². The molecule has 0 bridgehead atoms. The van der Waals surface area contributed by atoms with E-state index < -0.39 is 5.97 Å². The van der Waals surface area contributed by atoms with E-state index in [2.05, 4.69) is 26.2 Å². The minimum atomic E-state index is -1.09. The molecular weight excluding hydrogens is 302 g/mol. The number of hydrogen-bond acceptors (Lipinski definition) is 4. The molecule has 0 unspecified atom stereocenters. The molecule has 94 valence electrons. The van der Waals surface area contributed by atoms with Gasteiger partial charge in [-0.1, -0.05) is 5.21 Å². The lowest BCUT2D eigenvalue weighted by molar-refractivity contribution is 0.0689. The first-order valence-corrected chi connectivity index (χ1v) is 5.83. The number of hydrogen-bond donors (Lipinski definition) is 1. The highest BCUT2D eigenvalue weighted by Gasteiger charge is 2.16. The zero-order valence-electron chi connectivity index (χ0n) is 9.72. The van der Waals surface area contributed by atoms with Gasteiger partial charge < -0.3 is 9.84 Å². The molecule has 2 aromatic rings. The van der Waals surface area contributed by atoms with Crippen molar-refractivity contribution in [2.24, 2.45) is 0 Å². The highest BCUT2D eigenvalue weighted by molar-refractivity contribution is 9.10. The second kappa shape index (κ2) is 4.77. The molecule has 0 aliphatic rings. The van der Waals surface area contributed by atoms with Crippen molar-refractivity contribution in [3.8, 4) is 11.4 Å². The van der Waals surface area contributed by atoms with E-state index in [1.165, 1.54) is 4.68 Å². The Labute approximate surface area is 111 Å². The van der Waals surface area contributed by atoms with Gasteiger partial charge in [0.1, 0.15) is 5.75 Å². The second-order valence-corrected chi connectivity index (χ2v) is 4.41. The van der Waals surface area contributed by atoms with Crippen molar-refractivity contribution >= 4 is 21.9 Å². The van der Waals surface area contributed by atoms with E-state index in [4.69, 9.17) is 9.84 Å². The maximum absolute atomic E-state index is 10.9. The zero-order valence-corrected chi connectivity index (χ0v) is 11.3. The fraction of sp³-hybridized carbons (Fsp3) is 0.182. The third kappa shape index (κ3) is 2.08. The number of aromatic nitrogens is 3. The number of ether oxygens (including phenoxy) is 1. The molecule has 0 aliphatic heterocycles. The molecular formula is C11H10BrN3O3. The molecule has 0 fully saturated rings. The van der Waals surface area contributed by atoms with E-state index in [9.17, 15) is 4.79 Å². The summed E-state index contributed by atoms with van der Waals surface area (Å²) in [5.41, 5.74) is 1.09. The van der Waals surface area contributed by atoms with Crippen LogP contribution in [0.1, 0.15) is 16.2 Å². The number of aromatic carboxylic acids is 1. The molecule has 0 saturated heterocycles. The van der Waals surface area contributed by atoms with Crippen LogP contribution in [0, 0.1) is 6.92 Å². The van der Waals surface area contributed by atoms with E-state index in [1.54, 1.807) is 32.2 Å². The summed E-state index contributed by atoms with van der Waals surface area (Å²) in [5.74, 6) is -0.456. The van der Waals surface area contributed by atoms with Crippen molar-refractivity contribution in [2.75, 3.05) is 7.11 Å². The molecule has 2 rings (SSSR count). The summed E-state index contributed by atoms with van der Waals surface area (Å²) in [4.78, 5) is 10.9. The lowest BCUT2D eigenvalue weighted by Gasteiger charge is -2.07. The Morgan fingerprint density at radius 1 is 1.50 bits per heavy atom. The first-order chi connectivity index (χ1) is 8.54. The largest absolute Gasteiger partial charge is 0.495 e. The fourth-order valence-corrected chi connectivity index (χ4v) is 1.96. The Morgan fingerprint density at radius 2 is 2.22 bits per heavy atom. The lowest BCUT2D eigenvalue weighted by atomic mass is 10.3. The molecule has 1 heterocycles. The van der Waals surface area contributed by atoms with Crippen LogP contribution in [0.3, 0.4) is 0 Å². The van der Waals surface area contributed by atoms with Gasteiger partial charge >= 0.3 is 5.97 Å². The quantitative estimate of drug-likeness (QED) is 0.938. The Kier molecular flexibility index (Phi) is 3.33. The Bertz CT molecular complexity index is 610. The number of carboxylic acid groups (broad SMARTS) is 1. The predicted molar refractivity (Wildman–Crippen MR) is 67.3 cm³/mol. The smallest absolute Gasteiger partial charge is 0.358 e. The number of halogens is 1. The van der Waals surface area contributed by atoms with Crippen molar-refractivity contribution in [3.05, 3.63) is 34.1 Å². The summed E-state index contributed by atoms with van der Waals surface area (Å²) in [6, 6.07) is 5.34. The number of nitrogens with zero attached hydrogens (tertiary/aromatic N) is 3. The van der Waals surface area contributed by atoms with Crippen LogP contribution in [0.15, 0.2) is 22.7 Å². The van der Waals surface area contributed by atoms with Gasteiger partial charge in [-0.15, -0.1) is 5.10 Å². The number of methoxy groups -OCH3 is 1. The Hall–Kier alpha value is -1.89. The van der Waals surface area contributed by atoms with E-state index in [0.29, 0.717) is 17.1 Å². The van der Waals surface area contributed by atoms with Gasteiger partial charge in [0.05, 0.1) is 23.0 Å². The third-order valence-corrected chi connectivity index (χ3v) is 3.13. The maximum atomic E-state index is 10.9. The molecule has 1 aromatic heterocycles. The van der Waals surface area contributed by atoms with Crippen molar-refractivity contribution < 1.29 is 14.6 Å². The van der Waals surface area contributed by atoms with Crippen molar-refractivity contribution in [3.63, 3.8) is 0 Å². The molecule has 0 amide bonds. The van der Waals surface area contributed by atoms with Crippen LogP contribution in [0.25, 0.3) is 5.69 Å². The summed E-state index contributed by atoms with van der Waals surface area (Å²) in [6.07, 6.45) is 0. The standard InChI is InChI=1S/C11H10BrN3O3/c1-6-10(11(16)17)13-14-15(6)7-3-4-8(12)9(5-7)18-2/h3-5H,1-2H3,(H,16,17). The van der Waals surface area contributed by atoms with Crippen LogP contribution in [0.5, 0.6) is 5.75 Å². The van der Waals surface area contributed by atoms with E-state index in [1.807, 2.05) is 0 Å². The van der Waals surface area contributed by atoms with Crippen molar-refractivity contribution in [1.82, 2.24) is 15.0 Å². The summed E-state index contributed by atoms with van der Waals surface area (Å²) in [7, 11) is 1.56. The molecule has 0 radical (unpaired) electrons. The van der Waals surface area contributed by atoms with E-state index in [0.717, 1.165) is 4.47 Å². The van der Waals surface area contributed by atoms with Gasteiger partial charge in [0.15, 0.2) is 5.69 Å². The summed E-state index contributed by atoms with van der Waals surface area (Å²) in [6.45, 7) is 1.65. The van der Waals surface area contributed by atoms with Gasteiger partial charge in [-0.25, -0.2) is 9.48 Å². The van der Waals surface area contributed by atoms with Crippen LogP contribution < -0.4 is 4.74 Å². The van der Waals surface area contributed by atoms with E-state index >= 15 is 0 Å². The number of carbonyl (C=O) groups is 1. The Morgan fingerprint density at radius 3 is 2.78 bits per heavy atom. The highest BCUT2D eigenvalue weighted by atomic mass is 79.9. The van der Waals surface area contributed by atoms with Gasteiger partial charge in [0.2, 0.25) is 0 Å². The third-order valence-electron chi connectivity index (χ3n) is 2.48. The SMILES string of the molecule is COc1cc(-n2nnc(C(=O)O)c2C)ccc1Br. The number of carboxylic acids is 1. The lowest BCUT2D eigenvalue weighted by Crippen LogP contribution is -2.03. The number of rotatable bonds is 3. The van der Waals surface area contributed by atoms with Crippen molar-refractivity contribution in [2.45, 2.75) is 6.92 Å². The molecule has 1 N–H and O–H groups in total. The van der Waals surface area contributed by atoms with Gasteiger partial charge in [-0.05, 0) is 35.0 Å². The van der Waals surface area contributed by atoms with Crippen LogP contribution >= 0.6 is 15.9 Å². The summed E-state index contributed by atoms with van der Waals surface area (Å²) >= 11 is 3.35. The maximum Gasteiger partial charge on any atom is 0.358 e. The van der Waals surface area contributed by atoms with Crippen molar-refractivity contribution in [1.29, 1.82) is 0 Å². The Balaban J connectivity index is 2.52. The monoisotopic (exact) mass is 311 g/mol. The topological polar surface area (TPSA) is 77.2 Å². The molecule has 7 heteroatoms. The molecule has 6 nitrogen and oxygen atoms in total. The average Bonchev–Trinajstić information content (AvgIpc) is 2.72. The first-order valence-electron chi connectivity index (χ1n) is 5.04. The minimum Gasteiger partial charge on any atom is -0.495 e. The molecule has 0 saturated carbocycles. The van der Waals surface area contributed by atoms with Crippen LogP contribution in [-0.2, 0) is 0 Å². The minimum absolute atomic E-state index is 0.0584. The average molecular weight is 312 g/mol. The van der Waals surface area contributed by atoms with E-state index in [-0.39, 0.29) is 5.69 Å². The van der Waals surface area contributed by atoms with Crippen LogP contribution in [0.4, 0.5) is 0 Å². The van der Waals surface area contributed by atoms with Crippen LogP contribution in [-0.4, -0.2) is 33.2 Å². The normalized spacial score (nSPS) is 10.4. The number of benzene rings is 1. The molecule has 1 aromatic carbocycles. The highest BCUT2D eigenvalue weighted by Crippen LogP contribution is 2.27. The summed E-state index contributed by atoms with van der Waals surface area (Å²) < 4.78 is 7.44. The van der Waals surface area contributed by atoms with Gasteiger partial charge in [-0.2, -0.15) is 0 Å². The van der Waals surface area contributed by atoms with Gasteiger partial charge in [-0.3, -0.25) is 0 Å². The molecule has 0 atom stereocenters. The predicted octanol–water partition coefficient (Wildman–Crippen LogP) is 2.05. The second-order valence-electron chi connectivity index (χ2n) is 3.56. The van der Waals surface area contributed by atoms with Crippen LogP contribution in [0.2, 0.25) is 0 Å². The van der Waals surface area contributed by atoms with Gasteiger partial charge in [0, 0.05) is 6.07 Å². The first kappa shape index (κ1) is 12.6. The molecule has 0 spiro atoms. The molecule has 18 heavy (non-hydrogen) atoms. The summed E-state index contributed by atoms with van der Waals surface area (Å²) in [5, 5.41) is 16.4. The molecule has 0 aliphatic carbocycles. The zero-order chi connectivity index (χ0) is 13.3. The fourth-order valence-electron chi connectivity index (χ4n) is 1.55.